The number of aryl methyl sites for hydroxylation is 1. The van der Waals surface area contributed by atoms with Crippen LogP contribution in [-0.4, -0.2) is 26.3 Å². The summed E-state index contributed by atoms with van der Waals surface area (Å²) < 4.78 is 10.5. The molecule has 0 aliphatic heterocycles. The summed E-state index contributed by atoms with van der Waals surface area (Å²) in [6.07, 6.45) is 2.61. The molecule has 0 radical (unpaired) electrons. The second-order valence-corrected chi connectivity index (χ2v) is 4.86. The molecule has 2 aromatic carbocycles. The predicted molar refractivity (Wildman–Crippen MR) is 90.0 cm³/mol. The molecule has 0 heterocycles. The van der Waals surface area contributed by atoms with E-state index in [9.17, 15) is 4.79 Å². The van der Waals surface area contributed by atoms with Gasteiger partial charge in [-0.05, 0) is 24.1 Å². The summed E-state index contributed by atoms with van der Waals surface area (Å²) in [5.41, 5.74) is 4.38. The fourth-order valence-electron chi connectivity index (χ4n) is 2.15. The second kappa shape index (κ2) is 8.58. The Hall–Kier alpha value is -2.82. The molecule has 0 unspecified atom stereocenters. The summed E-state index contributed by atoms with van der Waals surface area (Å²) in [6.45, 7) is 0. The summed E-state index contributed by atoms with van der Waals surface area (Å²) in [5, 5.41) is 3.98. The van der Waals surface area contributed by atoms with E-state index in [2.05, 4.69) is 10.5 Å². The van der Waals surface area contributed by atoms with Gasteiger partial charge >= 0.3 is 0 Å². The average Bonchev–Trinajstić information content (AvgIpc) is 2.60. The smallest absolute Gasteiger partial charge is 0.240 e. The summed E-state index contributed by atoms with van der Waals surface area (Å²) >= 11 is 0. The first-order valence-corrected chi connectivity index (χ1v) is 7.31. The Bertz CT molecular complexity index is 669. The topological polar surface area (TPSA) is 59.9 Å². The molecular weight excluding hydrogens is 292 g/mol. The Morgan fingerprint density at radius 2 is 1.87 bits per heavy atom. The molecule has 5 heteroatoms. The fraction of sp³-hybridized carbons (Fsp3) is 0.222. The number of ether oxygens (including phenoxy) is 2. The van der Waals surface area contributed by atoms with Crippen molar-refractivity contribution in [1.82, 2.24) is 5.43 Å². The Labute approximate surface area is 135 Å². The van der Waals surface area contributed by atoms with Crippen LogP contribution in [0.4, 0.5) is 0 Å². The Balaban J connectivity index is 1.90. The number of rotatable bonds is 7. The molecule has 0 saturated carbocycles. The quantitative estimate of drug-likeness (QED) is 0.632. The van der Waals surface area contributed by atoms with E-state index in [1.165, 1.54) is 0 Å². The first kappa shape index (κ1) is 16.5. The van der Waals surface area contributed by atoms with Crippen LogP contribution in [0.15, 0.2) is 53.6 Å². The minimum Gasteiger partial charge on any atom is -0.493 e. The van der Waals surface area contributed by atoms with E-state index in [1.807, 2.05) is 42.5 Å². The number of carbonyl (C=O) groups excluding carboxylic acids is 1. The molecule has 0 aromatic heterocycles. The minimum absolute atomic E-state index is 0.132. The van der Waals surface area contributed by atoms with Crippen LogP contribution < -0.4 is 14.9 Å². The van der Waals surface area contributed by atoms with Crippen LogP contribution in [0.5, 0.6) is 11.5 Å². The van der Waals surface area contributed by atoms with Gasteiger partial charge in [0.05, 0.1) is 20.4 Å². The van der Waals surface area contributed by atoms with Crippen LogP contribution in [0, 0.1) is 0 Å². The summed E-state index contributed by atoms with van der Waals surface area (Å²) in [5.74, 6) is 1.07. The third kappa shape index (κ3) is 4.85. The van der Waals surface area contributed by atoms with E-state index in [4.69, 9.17) is 9.47 Å². The van der Waals surface area contributed by atoms with Crippen LogP contribution in [-0.2, 0) is 11.2 Å². The molecule has 120 valence electrons. The van der Waals surface area contributed by atoms with Gasteiger partial charge in [-0.25, -0.2) is 5.43 Å². The van der Waals surface area contributed by atoms with E-state index < -0.39 is 0 Å². The number of hydrogen-bond acceptors (Lipinski definition) is 4. The summed E-state index contributed by atoms with van der Waals surface area (Å²) in [6, 6.07) is 15.3. The summed E-state index contributed by atoms with van der Waals surface area (Å²) in [4.78, 5) is 11.8. The van der Waals surface area contributed by atoms with E-state index in [-0.39, 0.29) is 5.91 Å². The number of para-hydroxylation sites is 1. The number of nitrogens with one attached hydrogen (secondary N) is 1. The van der Waals surface area contributed by atoms with Gasteiger partial charge < -0.3 is 9.47 Å². The number of nitrogens with zero attached hydrogens (tertiary/aromatic N) is 1. The van der Waals surface area contributed by atoms with E-state index in [0.29, 0.717) is 24.3 Å². The molecule has 0 saturated heterocycles. The van der Waals surface area contributed by atoms with Gasteiger partial charge in [0.2, 0.25) is 5.91 Å². The van der Waals surface area contributed by atoms with Crippen molar-refractivity contribution in [2.45, 2.75) is 12.8 Å². The fourth-order valence-corrected chi connectivity index (χ4v) is 2.15. The van der Waals surface area contributed by atoms with E-state index >= 15 is 0 Å². The molecule has 23 heavy (non-hydrogen) atoms. The van der Waals surface area contributed by atoms with Gasteiger partial charge in [0.1, 0.15) is 0 Å². The third-order valence-electron chi connectivity index (χ3n) is 3.31. The first-order valence-electron chi connectivity index (χ1n) is 7.31. The monoisotopic (exact) mass is 312 g/mol. The lowest BCUT2D eigenvalue weighted by Crippen LogP contribution is -2.17. The number of carbonyl (C=O) groups is 1. The van der Waals surface area contributed by atoms with Crippen LogP contribution >= 0.6 is 0 Å². The average molecular weight is 312 g/mol. The molecule has 0 atom stereocenters. The normalized spacial score (nSPS) is 10.5. The van der Waals surface area contributed by atoms with Crippen molar-refractivity contribution in [2.24, 2.45) is 5.10 Å². The van der Waals surface area contributed by atoms with Gasteiger partial charge in [-0.15, -0.1) is 0 Å². The Morgan fingerprint density at radius 3 is 2.57 bits per heavy atom. The molecule has 1 N–H and O–H groups in total. The molecule has 0 bridgehead atoms. The Kier molecular flexibility index (Phi) is 6.17. The van der Waals surface area contributed by atoms with Crippen molar-refractivity contribution >= 4 is 12.1 Å². The lowest BCUT2D eigenvalue weighted by molar-refractivity contribution is -0.121. The van der Waals surface area contributed by atoms with Crippen LogP contribution in [0.2, 0.25) is 0 Å². The zero-order valence-corrected chi connectivity index (χ0v) is 13.3. The van der Waals surface area contributed by atoms with Gasteiger partial charge in [-0.1, -0.05) is 36.4 Å². The number of hydrogen-bond donors (Lipinski definition) is 1. The van der Waals surface area contributed by atoms with Crippen LogP contribution in [0.1, 0.15) is 17.5 Å². The van der Waals surface area contributed by atoms with Crippen molar-refractivity contribution < 1.29 is 14.3 Å². The van der Waals surface area contributed by atoms with Crippen LogP contribution in [0.25, 0.3) is 0 Å². The lowest BCUT2D eigenvalue weighted by Gasteiger charge is -2.09. The number of methoxy groups -OCH3 is 2. The highest BCUT2D eigenvalue weighted by Gasteiger charge is 2.07. The van der Waals surface area contributed by atoms with Gasteiger partial charge in [-0.3, -0.25) is 4.79 Å². The zero-order valence-electron chi connectivity index (χ0n) is 13.3. The predicted octanol–water partition coefficient (Wildman–Crippen LogP) is 2.79. The van der Waals surface area contributed by atoms with Crippen molar-refractivity contribution in [3.05, 3.63) is 59.7 Å². The maximum atomic E-state index is 11.8. The van der Waals surface area contributed by atoms with Crippen molar-refractivity contribution in [3.8, 4) is 11.5 Å². The largest absolute Gasteiger partial charge is 0.493 e. The molecule has 1 amide bonds. The highest BCUT2D eigenvalue weighted by Crippen LogP contribution is 2.29. The second-order valence-electron chi connectivity index (χ2n) is 4.86. The molecule has 5 nitrogen and oxygen atoms in total. The molecule has 0 spiro atoms. The minimum atomic E-state index is -0.132. The maximum absolute atomic E-state index is 11.8. The first-order chi connectivity index (χ1) is 11.2. The van der Waals surface area contributed by atoms with Crippen molar-refractivity contribution in [2.75, 3.05) is 14.2 Å². The molecule has 0 aliphatic rings. The van der Waals surface area contributed by atoms with Gasteiger partial charge in [0, 0.05) is 12.0 Å². The van der Waals surface area contributed by atoms with Crippen LogP contribution in [0.3, 0.4) is 0 Å². The molecule has 0 fully saturated rings. The van der Waals surface area contributed by atoms with E-state index in [1.54, 1.807) is 26.5 Å². The lowest BCUT2D eigenvalue weighted by atomic mass is 10.1. The van der Waals surface area contributed by atoms with Gasteiger partial charge in [0.15, 0.2) is 11.5 Å². The molecular formula is C18H20N2O3. The number of hydrazone groups is 1. The van der Waals surface area contributed by atoms with Crippen molar-refractivity contribution in [1.29, 1.82) is 0 Å². The number of benzene rings is 2. The highest BCUT2D eigenvalue weighted by atomic mass is 16.5. The third-order valence-corrected chi connectivity index (χ3v) is 3.31. The van der Waals surface area contributed by atoms with Gasteiger partial charge in [0.25, 0.3) is 0 Å². The summed E-state index contributed by atoms with van der Waals surface area (Å²) in [7, 11) is 3.14. The highest BCUT2D eigenvalue weighted by molar-refractivity contribution is 5.86. The molecule has 0 aliphatic carbocycles. The maximum Gasteiger partial charge on any atom is 0.240 e. The number of amides is 1. The molecule has 2 aromatic rings. The van der Waals surface area contributed by atoms with Crippen molar-refractivity contribution in [3.63, 3.8) is 0 Å². The van der Waals surface area contributed by atoms with E-state index in [0.717, 1.165) is 11.1 Å². The standard InChI is InChI=1S/C18H20N2O3/c1-22-16-10-6-9-15(18(16)23-2)13-19-20-17(21)12-11-14-7-4-3-5-8-14/h3-10,13H,11-12H2,1-2H3,(H,20,21)/b19-13-. The van der Waals surface area contributed by atoms with Gasteiger partial charge in [-0.2, -0.15) is 5.10 Å². The SMILES string of the molecule is COc1cccc(/C=N\NC(=O)CCc2ccccc2)c1OC. The zero-order chi connectivity index (χ0) is 16.5. The molecule has 2 rings (SSSR count). The Morgan fingerprint density at radius 1 is 1.09 bits per heavy atom.